The summed E-state index contributed by atoms with van der Waals surface area (Å²) < 4.78 is 18.0. The molecule has 2 aromatic rings. The van der Waals surface area contributed by atoms with Gasteiger partial charge >= 0.3 is 0 Å². The highest BCUT2D eigenvalue weighted by molar-refractivity contribution is 6.17. The Morgan fingerprint density at radius 3 is 2.68 bits per heavy atom. The number of aromatic nitrogens is 1. The predicted octanol–water partition coefficient (Wildman–Crippen LogP) is 5.57. The second-order valence-corrected chi connectivity index (χ2v) is 11.0. The molecular weight excluding hydrogens is 468 g/mol. The summed E-state index contributed by atoms with van der Waals surface area (Å²) in [6.07, 6.45) is 4.92. The molecular formula is C30H36N2O5. The molecule has 0 bridgehead atoms. The average molecular weight is 505 g/mol. The molecule has 1 aliphatic carbocycles. The van der Waals surface area contributed by atoms with Crippen LogP contribution in [0.5, 0.6) is 11.5 Å². The van der Waals surface area contributed by atoms with E-state index >= 15 is 0 Å². The fourth-order valence-corrected chi connectivity index (χ4v) is 5.66. The first-order chi connectivity index (χ1) is 17.8. The first kappa shape index (κ1) is 25.3. The van der Waals surface area contributed by atoms with Gasteiger partial charge in [0, 0.05) is 6.20 Å². The van der Waals surface area contributed by atoms with Crippen molar-refractivity contribution in [3.63, 3.8) is 0 Å². The van der Waals surface area contributed by atoms with E-state index in [1.165, 1.54) is 0 Å². The van der Waals surface area contributed by atoms with Crippen molar-refractivity contribution in [2.24, 2.45) is 17.8 Å². The number of carbonyl (C=O) groups is 2. The number of pyridine rings is 1. The number of rotatable bonds is 7. The van der Waals surface area contributed by atoms with Crippen LogP contribution in [-0.2, 0) is 14.3 Å². The van der Waals surface area contributed by atoms with Gasteiger partial charge in [0.05, 0.1) is 31.2 Å². The molecule has 7 nitrogen and oxygen atoms in total. The highest BCUT2D eigenvalue weighted by Crippen LogP contribution is 2.49. The number of anilines is 1. The Hall–Kier alpha value is -3.35. The third kappa shape index (κ3) is 4.72. The smallest absolute Gasteiger partial charge is 0.295 e. The minimum atomic E-state index is -0.652. The van der Waals surface area contributed by atoms with Crippen LogP contribution in [0.15, 0.2) is 47.9 Å². The quantitative estimate of drug-likeness (QED) is 0.491. The zero-order valence-corrected chi connectivity index (χ0v) is 22.3. The van der Waals surface area contributed by atoms with Crippen LogP contribution in [-0.4, -0.2) is 36.5 Å². The monoisotopic (exact) mass is 504 g/mol. The van der Waals surface area contributed by atoms with Crippen molar-refractivity contribution in [2.75, 3.05) is 18.6 Å². The van der Waals surface area contributed by atoms with E-state index in [2.05, 4.69) is 25.8 Å². The number of aryl methyl sites for hydroxylation is 1. The maximum atomic E-state index is 14.0. The predicted molar refractivity (Wildman–Crippen MR) is 141 cm³/mol. The number of nitrogens with zero attached hydrogens (tertiary/aromatic N) is 2. The Morgan fingerprint density at radius 1 is 1.14 bits per heavy atom. The summed E-state index contributed by atoms with van der Waals surface area (Å²) in [4.78, 5) is 33.9. The number of methoxy groups -OCH3 is 1. The summed E-state index contributed by atoms with van der Waals surface area (Å²) in [7, 11) is 1.60. The largest absolute Gasteiger partial charge is 0.493 e. The van der Waals surface area contributed by atoms with Gasteiger partial charge in [-0.25, -0.2) is 4.98 Å². The van der Waals surface area contributed by atoms with E-state index in [1.807, 2.05) is 37.3 Å². The lowest BCUT2D eigenvalue weighted by Crippen LogP contribution is -2.41. The molecule has 1 aromatic carbocycles. The molecule has 1 amide bonds. The molecule has 1 fully saturated rings. The molecule has 4 atom stereocenters. The number of ketones is 1. The summed E-state index contributed by atoms with van der Waals surface area (Å²) in [5.41, 5.74) is 2.16. The Kier molecular flexibility index (Phi) is 6.97. The van der Waals surface area contributed by atoms with Crippen LogP contribution < -0.4 is 14.4 Å². The molecule has 4 unspecified atom stereocenters. The average Bonchev–Trinajstić information content (AvgIpc) is 3.17. The van der Waals surface area contributed by atoms with Crippen LogP contribution in [0.3, 0.4) is 0 Å². The second-order valence-electron chi connectivity index (χ2n) is 11.0. The van der Waals surface area contributed by atoms with Crippen molar-refractivity contribution in [3.05, 3.63) is 59.0 Å². The topological polar surface area (TPSA) is 78.0 Å². The van der Waals surface area contributed by atoms with Gasteiger partial charge in [-0.3, -0.25) is 14.5 Å². The van der Waals surface area contributed by atoms with Gasteiger partial charge in [0.15, 0.2) is 23.0 Å². The number of hydrogen-bond donors (Lipinski definition) is 0. The zero-order chi connectivity index (χ0) is 26.3. The first-order valence-electron chi connectivity index (χ1n) is 13.3. The molecule has 3 heterocycles. The molecule has 0 saturated heterocycles. The Balaban J connectivity index is 1.58. The molecule has 1 aromatic heterocycles. The van der Waals surface area contributed by atoms with Gasteiger partial charge in [-0.05, 0) is 79.8 Å². The van der Waals surface area contributed by atoms with Crippen molar-refractivity contribution in [1.82, 2.24) is 4.98 Å². The summed E-state index contributed by atoms with van der Waals surface area (Å²) in [5.74, 6) is 2.30. The molecule has 7 heteroatoms. The van der Waals surface area contributed by atoms with Gasteiger partial charge in [-0.15, -0.1) is 0 Å². The van der Waals surface area contributed by atoms with Crippen LogP contribution in [0.25, 0.3) is 0 Å². The lowest BCUT2D eigenvalue weighted by atomic mass is 9.74. The molecule has 37 heavy (non-hydrogen) atoms. The van der Waals surface area contributed by atoms with E-state index in [0.717, 1.165) is 36.8 Å². The lowest BCUT2D eigenvalue weighted by Gasteiger charge is -2.37. The van der Waals surface area contributed by atoms with Crippen LogP contribution in [0.4, 0.5) is 5.82 Å². The van der Waals surface area contributed by atoms with Crippen molar-refractivity contribution < 1.29 is 23.8 Å². The number of hydrogen-bond acceptors (Lipinski definition) is 6. The van der Waals surface area contributed by atoms with Crippen LogP contribution in [0, 0.1) is 24.7 Å². The maximum Gasteiger partial charge on any atom is 0.295 e. The highest BCUT2D eigenvalue weighted by atomic mass is 16.5. The summed E-state index contributed by atoms with van der Waals surface area (Å²) in [5, 5.41) is 0. The number of amides is 1. The molecule has 2 aliphatic heterocycles. The second kappa shape index (κ2) is 10.2. The van der Waals surface area contributed by atoms with E-state index in [0.29, 0.717) is 41.3 Å². The lowest BCUT2D eigenvalue weighted by molar-refractivity contribution is -0.132. The SMILES string of the molecule is COc1cc(C2C3=C(OC4CCC(C)CC4C3=O)C(=O)N2c2cc(C)ccn2)ccc1OCCC(C)C. The van der Waals surface area contributed by atoms with Crippen LogP contribution in [0.1, 0.15) is 63.6 Å². The van der Waals surface area contributed by atoms with Gasteiger partial charge in [0.1, 0.15) is 11.9 Å². The standard InChI is InChI=1S/C30H36N2O5/c1-17(2)11-13-36-23-9-7-20(16-24(23)35-5)27-26-28(33)21-14-18(3)6-8-22(21)37-29(26)30(34)32(27)25-15-19(4)10-12-31-25/h7,9-10,12,15-18,21-22,27H,6,8,11,13-14H2,1-5H3. The maximum absolute atomic E-state index is 14.0. The first-order valence-corrected chi connectivity index (χ1v) is 13.3. The Morgan fingerprint density at radius 2 is 1.95 bits per heavy atom. The summed E-state index contributed by atoms with van der Waals surface area (Å²) in [6.45, 7) is 9.02. The number of Topliss-reactive ketones (excluding diaryl/α,β-unsaturated/α-hetero) is 1. The Labute approximate surface area is 218 Å². The number of benzene rings is 1. The number of carbonyl (C=O) groups excluding carboxylic acids is 2. The van der Waals surface area contributed by atoms with E-state index in [9.17, 15) is 9.59 Å². The fraction of sp³-hybridized carbons (Fsp3) is 0.500. The number of ether oxygens (including phenoxy) is 3. The molecule has 5 rings (SSSR count). The van der Waals surface area contributed by atoms with Gasteiger partial charge in [-0.1, -0.05) is 26.8 Å². The molecule has 3 aliphatic rings. The molecule has 0 spiro atoms. The van der Waals surface area contributed by atoms with Gasteiger partial charge in [-0.2, -0.15) is 0 Å². The molecule has 0 radical (unpaired) electrons. The van der Waals surface area contributed by atoms with Gasteiger partial charge in [0.25, 0.3) is 5.91 Å². The third-order valence-electron chi connectivity index (χ3n) is 7.71. The summed E-state index contributed by atoms with van der Waals surface area (Å²) in [6, 6.07) is 8.73. The summed E-state index contributed by atoms with van der Waals surface area (Å²) >= 11 is 0. The van der Waals surface area contributed by atoms with Crippen molar-refractivity contribution in [1.29, 1.82) is 0 Å². The fourth-order valence-electron chi connectivity index (χ4n) is 5.66. The van der Waals surface area contributed by atoms with Crippen LogP contribution >= 0.6 is 0 Å². The third-order valence-corrected chi connectivity index (χ3v) is 7.71. The van der Waals surface area contributed by atoms with Crippen molar-refractivity contribution in [2.45, 2.75) is 65.5 Å². The van der Waals surface area contributed by atoms with E-state index in [4.69, 9.17) is 14.2 Å². The molecule has 0 N–H and O–H groups in total. The van der Waals surface area contributed by atoms with E-state index < -0.39 is 6.04 Å². The zero-order valence-electron chi connectivity index (χ0n) is 22.3. The van der Waals surface area contributed by atoms with Crippen molar-refractivity contribution in [3.8, 4) is 11.5 Å². The number of fused-ring (bicyclic) bond motifs is 1. The van der Waals surface area contributed by atoms with Crippen molar-refractivity contribution >= 4 is 17.5 Å². The molecule has 1 saturated carbocycles. The Bertz CT molecular complexity index is 1240. The van der Waals surface area contributed by atoms with Gasteiger partial charge < -0.3 is 14.2 Å². The van der Waals surface area contributed by atoms with E-state index in [-0.39, 0.29) is 29.5 Å². The normalized spacial score (nSPS) is 25.2. The van der Waals surface area contributed by atoms with E-state index in [1.54, 1.807) is 18.2 Å². The van der Waals surface area contributed by atoms with Crippen LogP contribution in [0.2, 0.25) is 0 Å². The molecule has 196 valence electrons. The van der Waals surface area contributed by atoms with Gasteiger partial charge in [0.2, 0.25) is 0 Å². The highest BCUT2D eigenvalue weighted by Gasteiger charge is 2.53. The minimum Gasteiger partial charge on any atom is -0.493 e. The minimum absolute atomic E-state index is 0.0162.